The molecule has 0 aliphatic carbocycles. The molecule has 38 heavy (non-hydrogen) atoms. The van der Waals surface area contributed by atoms with Crippen LogP contribution in [0.15, 0.2) is 55.0 Å². The fourth-order valence-electron chi connectivity index (χ4n) is 4.84. The summed E-state index contributed by atoms with van der Waals surface area (Å²) < 4.78 is 32.4. The largest absolute Gasteiger partial charge is 1.00 e. The minimum Gasteiger partial charge on any atom is -0.550 e. The number of hydrogen-bond donors (Lipinski definition) is 0. The average molecular weight is 546 g/mol. The Hall–Kier alpha value is -2.44. The molecule has 0 atom stereocenters. The molecule has 192 valence electrons. The average Bonchev–Trinajstić information content (AvgIpc) is 3.19. The van der Waals surface area contributed by atoms with E-state index in [2.05, 4.69) is 19.9 Å². The van der Waals surface area contributed by atoms with Crippen molar-refractivity contribution in [2.45, 2.75) is 39.2 Å². The third-order valence-corrected chi connectivity index (χ3v) is 6.79. The molecule has 0 unspecified atom stereocenters. The Labute approximate surface area is 261 Å². The number of carboxylic acids is 1. The van der Waals surface area contributed by atoms with E-state index < -0.39 is 12.6 Å². The number of ether oxygens (including phenoxy) is 1. The molecule has 3 aromatic heterocycles. The molecule has 1 aliphatic heterocycles. The number of nitrogens with zero attached hydrogens (tertiary/aromatic N) is 5. The van der Waals surface area contributed by atoms with Crippen molar-refractivity contribution in [1.82, 2.24) is 19.4 Å². The summed E-state index contributed by atoms with van der Waals surface area (Å²) in [4.78, 5) is 26.7. The molecule has 11 heteroatoms. The molecule has 1 saturated heterocycles. The van der Waals surface area contributed by atoms with E-state index in [9.17, 15) is 18.7 Å². The van der Waals surface area contributed by atoms with Gasteiger partial charge in [0.25, 0.3) is 0 Å². The molecule has 1 fully saturated rings. The van der Waals surface area contributed by atoms with Crippen LogP contribution in [0.5, 0.6) is 5.75 Å². The van der Waals surface area contributed by atoms with Crippen molar-refractivity contribution in [1.29, 1.82) is 0 Å². The molecule has 1 aromatic carbocycles. The third-order valence-electron chi connectivity index (χ3n) is 6.79. The summed E-state index contributed by atoms with van der Waals surface area (Å²) in [5.74, 6) is -0.103. The molecule has 4 aromatic rings. The van der Waals surface area contributed by atoms with Crippen LogP contribution in [0.2, 0.25) is 0 Å². The number of rotatable bonds is 8. The van der Waals surface area contributed by atoms with Gasteiger partial charge in [0, 0.05) is 66.5 Å². The van der Waals surface area contributed by atoms with Crippen LogP contribution in [-0.4, -0.2) is 45.0 Å². The van der Waals surface area contributed by atoms with Crippen molar-refractivity contribution in [3.05, 3.63) is 71.9 Å². The van der Waals surface area contributed by atoms with E-state index in [1.54, 1.807) is 30.6 Å². The second kappa shape index (κ2) is 12.6. The molecule has 0 amide bonds. The SMILES string of the molecule is Cc1nc2ccc(-c3cnc(N4CCC(CC(=O)[O-])CC4)nc3)cn2c1Cc1ccccc1OC(F)F.[K+]. The van der Waals surface area contributed by atoms with Crippen LogP contribution < -0.4 is 66.1 Å². The third kappa shape index (κ3) is 6.57. The fourth-order valence-corrected chi connectivity index (χ4v) is 4.84. The normalized spacial score (nSPS) is 14.1. The Balaban J connectivity index is 0.00000336. The van der Waals surface area contributed by atoms with Crippen LogP contribution in [0.1, 0.15) is 36.2 Å². The van der Waals surface area contributed by atoms with Gasteiger partial charge in [0.2, 0.25) is 5.95 Å². The monoisotopic (exact) mass is 545 g/mol. The van der Waals surface area contributed by atoms with Crippen LogP contribution in [0.25, 0.3) is 16.8 Å². The summed E-state index contributed by atoms with van der Waals surface area (Å²) in [7, 11) is 0. The van der Waals surface area contributed by atoms with Gasteiger partial charge in [-0.3, -0.25) is 0 Å². The number of para-hydroxylation sites is 1. The summed E-state index contributed by atoms with van der Waals surface area (Å²) in [6.07, 6.45) is 7.50. The van der Waals surface area contributed by atoms with E-state index in [1.807, 2.05) is 29.7 Å². The number of aliphatic carboxylic acids is 1. The van der Waals surface area contributed by atoms with Crippen LogP contribution in [0.4, 0.5) is 14.7 Å². The first-order chi connectivity index (χ1) is 17.9. The van der Waals surface area contributed by atoms with Crippen molar-refractivity contribution >= 4 is 17.6 Å². The number of fused-ring (bicyclic) bond motifs is 1. The number of benzene rings is 1. The Bertz CT molecular complexity index is 1410. The molecule has 0 radical (unpaired) electrons. The number of carbonyl (C=O) groups excluding carboxylic acids is 1. The maximum Gasteiger partial charge on any atom is 1.00 e. The van der Waals surface area contributed by atoms with Crippen LogP contribution in [-0.2, 0) is 11.2 Å². The summed E-state index contributed by atoms with van der Waals surface area (Å²) >= 11 is 0. The van der Waals surface area contributed by atoms with Gasteiger partial charge in [0.05, 0.1) is 5.69 Å². The molecule has 1 aliphatic rings. The molecular weight excluding hydrogens is 519 g/mol. The first kappa shape index (κ1) is 28.6. The molecular formula is C27H26F2KN5O3. The van der Waals surface area contributed by atoms with Crippen molar-refractivity contribution in [3.8, 4) is 16.9 Å². The van der Waals surface area contributed by atoms with E-state index in [4.69, 9.17) is 4.74 Å². The van der Waals surface area contributed by atoms with Crippen molar-refractivity contribution in [2.75, 3.05) is 18.0 Å². The predicted molar refractivity (Wildman–Crippen MR) is 131 cm³/mol. The number of piperidine rings is 1. The molecule has 0 N–H and O–H groups in total. The number of hydrogen-bond acceptors (Lipinski definition) is 7. The number of pyridine rings is 1. The topological polar surface area (TPSA) is 95.7 Å². The quantitative estimate of drug-likeness (QED) is 0.300. The second-order valence-corrected chi connectivity index (χ2v) is 9.23. The Morgan fingerprint density at radius 2 is 1.82 bits per heavy atom. The minimum atomic E-state index is -2.90. The van der Waals surface area contributed by atoms with Gasteiger partial charge >= 0.3 is 58.0 Å². The number of aromatic nitrogens is 4. The molecule has 0 saturated carbocycles. The van der Waals surface area contributed by atoms with Crippen LogP contribution >= 0.6 is 0 Å². The molecule has 0 bridgehead atoms. The van der Waals surface area contributed by atoms with Gasteiger partial charge in [-0.15, -0.1) is 0 Å². The number of aryl methyl sites for hydroxylation is 1. The first-order valence-corrected chi connectivity index (χ1v) is 12.1. The van der Waals surface area contributed by atoms with E-state index in [0.29, 0.717) is 31.0 Å². The minimum absolute atomic E-state index is 0. The van der Waals surface area contributed by atoms with Gasteiger partial charge < -0.3 is 23.9 Å². The zero-order chi connectivity index (χ0) is 25.9. The standard InChI is InChI=1S/C27H27F2N5O3.K/c1-17-22(13-19-4-2-3-5-23(19)37-26(28)29)34-16-20(6-7-24(34)32-17)21-14-30-27(31-15-21)33-10-8-18(9-11-33)12-25(35)36;/h2-7,14-16,18,26H,8-13H2,1H3,(H,35,36);/q;+1/p-1. The van der Waals surface area contributed by atoms with Gasteiger partial charge in [0.1, 0.15) is 11.4 Å². The maximum absolute atomic E-state index is 12.9. The van der Waals surface area contributed by atoms with Gasteiger partial charge in [-0.05, 0) is 50.3 Å². The molecule has 0 spiro atoms. The molecule has 4 heterocycles. The van der Waals surface area contributed by atoms with Gasteiger partial charge in [-0.25, -0.2) is 15.0 Å². The summed E-state index contributed by atoms with van der Waals surface area (Å²) in [5.41, 5.74) is 4.80. The zero-order valence-electron chi connectivity index (χ0n) is 21.3. The van der Waals surface area contributed by atoms with Crippen molar-refractivity contribution in [2.24, 2.45) is 5.92 Å². The molecule has 5 rings (SSSR count). The Kier molecular flexibility index (Phi) is 9.48. The van der Waals surface area contributed by atoms with E-state index in [-0.39, 0.29) is 69.5 Å². The number of carbonyl (C=O) groups is 1. The summed E-state index contributed by atoms with van der Waals surface area (Å²) in [5, 5.41) is 10.9. The fraction of sp³-hybridized carbons (Fsp3) is 0.333. The number of imidazole rings is 1. The maximum atomic E-state index is 12.9. The van der Waals surface area contributed by atoms with E-state index in [0.717, 1.165) is 41.0 Å². The van der Waals surface area contributed by atoms with Crippen LogP contribution in [0.3, 0.4) is 0 Å². The zero-order valence-corrected chi connectivity index (χ0v) is 24.4. The molecule has 8 nitrogen and oxygen atoms in total. The van der Waals surface area contributed by atoms with E-state index in [1.165, 1.54) is 6.07 Å². The van der Waals surface area contributed by atoms with Gasteiger partial charge in [0.15, 0.2) is 0 Å². The number of alkyl halides is 2. The predicted octanol–water partition coefficient (Wildman–Crippen LogP) is 0.652. The number of halogens is 2. The Morgan fingerprint density at radius 3 is 2.50 bits per heavy atom. The first-order valence-electron chi connectivity index (χ1n) is 12.1. The summed E-state index contributed by atoms with van der Waals surface area (Å²) in [6, 6.07) is 10.6. The number of anilines is 1. The number of carboxylic acid groups (broad SMARTS) is 1. The Morgan fingerprint density at radius 1 is 1.11 bits per heavy atom. The van der Waals surface area contributed by atoms with Crippen LogP contribution in [0, 0.1) is 12.8 Å². The second-order valence-electron chi connectivity index (χ2n) is 9.23. The van der Waals surface area contributed by atoms with Crippen molar-refractivity contribution < 1.29 is 74.8 Å². The van der Waals surface area contributed by atoms with E-state index >= 15 is 0 Å². The van der Waals surface area contributed by atoms with Crippen molar-refractivity contribution in [3.63, 3.8) is 0 Å². The van der Waals surface area contributed by atoms with Gasteiger partial charge in [-0.2, -0.15) is 8.78 Å². The van der Waals surface area contributed by atoms with Gasteiger partial charge in [-0.1, -0.05) is 18.2 Å². The summed E-state index contributed by atoms with van der Waals surface area (Å²) in [6.45, 7) is 0.412. The smallest absolute Gasteiger partial charge is 0.550 e.